The summed E-state index contributed by atoms with van der Waals surface area (Å²) in [4.78, 5) is 31.1. The minimum absolute atomic E-state index is 0.0162. The second-order valence-electron chi connectivity index (χ2n) is 9.48. The molecule has 0 radical (unpaired) electrons. The van der Waals surface area contributed by atoms with Gasteiger partial charge in [0.1, 0.15) is 22.6 Å². The van der Waals surface area contributed by atoms with E-state index in [1.807, 2.05) is 35.8 Å². The Morgan fingerprint density at radius 1 is 1.05 bits per heavy atom. The molecule has 5 rings (SSSR count). The van der Waals surface area contributed by atoms with E-state index in [0.717, 1.165) is 37.8 Å². The Balaban J connectivity index is 1.55. The highest BCUT2D eigenvalue weighted by Crippen LogP contribution is 2.40. The molecule has 38 heavy (non-hydrogen) atoms. The number of aryl methyl sites for hydroxylation is 2. The maximum Gasteiger partial charge on any atom is 0.308 e. The molecule has 1 N–H and O–H groups in total. The molecule has 3 heterocycles. The van der Waals surface area contributed by atoms with E-state index in [9.17, 15) is 14.7 Å². The Morgan fingerprint density at radius 3 is 2.37 bits per heavy atom. The van der Waals surface area contributed by atoms with E-state index in [-0.39, 0.29) is 12.2 Å². The lowest BCUT2D eigenvalue weighted by atomic mass is 9.96. The number of rotatable bonds is 7. The number of carbonyl (C=O) groups excluding carboxylic acids is 1. The van der Waals surface area contributed by atoms with Gasteiger partial charge in [-0.1, -0.05) is 24.3 Å². The number of benzene rings is 2. The monoisotopic (exact) mass is 528 g/mol. The van der Waals surface area contributed by atoms with Gasteiger partial charge in [-0.3, -0.25) is 19.1 Å². The van der Waals surface area contributed by atoms with Gasteiger partial charge in [-0.05, 0) is 63.1 Å². The van der Waals surface area contributed by atoms with Crippen LogP contribution in [0.2, 0.25) is 0 Å². The number of methoxy groups -OCH3 is 1. The number of thiophene rings is 1. The zero-order valence-electron chi connectivity index (χ0n) is 21.8. The summed E-state index contributed by atoms with van der Waals surface area (Å²) in [5.74, 6) is 0.185. The number of hydrogen-bond acceptors (Lipinski definition) is 7. The van der Waals surface area contributed by atoms with Gasteiger partial charge in [-0.25, -0.2) is 0 Å². The van der Waals surface area contributed by atoms with Gasteiger partial charge in [0.25, 0.3) is 0 Å². The van der Waals surface area contributed by atoms with Crippen LogP contribution in [0.1, 0.15) is 62.1 Å². The predicted octanol–water partition coefficient (Wildman–Crippen LogP) is 5.30. The number of carbonyl (C=O) groups is 2. The molecule has 4 aromatic rings. The van der Waals surface area contributed by atoms with Gasteiger partial charge in [0, 0.05) is 28.0 Å². The van der Waals surface area contributed by atoms with Crippen LogP contribution in [0.15, 0.2) is 53.5 Å². The normalized spacial score (nSPS) is 15.2. The van der Waals surface area contributed by atoms with E-state index in [1.165, 1.54) is 0 Å². The number of carboxylic acids is 1. The molecule has 1 aliphatic rings. The van der Waals surface area contributed by atoms with Crippen LogP contribution in [0.5, 0.6) is 5.75 Å². The number of hydrogen-bond donors (Lipinski definition) is 1. The van der Waals surface area contributed by atoms with Crippen molar-refractivity contribution in [3.63, 3.8) is 0 Å². The maximum atomic E-state index is 12.8. The number of aliphatic carboxylic acids is 1. The third kappa shape index (κ3) is 4.43. The molecule has 1 unspecified atom stereocenters. The van der Waals surface area contributed by atoms with Gasteiger partial charge in [0.2, 0.25) is 0 Å². The summed E-state index contributed by atoms with van der Waals surface area (Å²) in [5.41, 5.74) is 5.13. The number of carboxylic acid groups (broad SMARTS) is 1. The topological polar surface area (TPSA) is 107 Å². The fraction of sp³-hybridized carbons (Fsp3) is 0.276. The van der Waals surface area contributed by atoms with Crippen LogP contribution >= 0.6 is 11.3 Å². The summed E-state index contributed by atoms with van der Waals surface area (Å²) in [6.45, 7) is 7.64. The Bertz CT molecular complexity index is 1570. The Labute approximate surface area is 224 Å². The van der Waals surface area contributed by atoms with Crippen molar-refractivity contribution in [1.82, 2.24) is 14.8 Å². The molecule has 2 aromatic carbocycles. The first-order valence-corrected chi connectivity index (χ1v) is 13.1. The van der Waals surface area contributed by atoms with Gasteiger partial charge in [-0.2, -0.15) is 0 Å². The molecule has 0 fully saturated rings. The quantitative estimate of drug-likeness (QED) is 0.326. The smallest absolute Gasteiger partial charge is 0.308 e. The molecule has 2 atom stereocenters. The SMILES string of the molecule is COc1ccc(C(=O)Cc2ccc(C3=NC([C@H](C)C(=O)O)c4nnc(C)n4-c4sc(C)c(C)c43)cc2)cc1. The van der Waals surface area contributed by atoms with Gasteiger partial charge < -0.3 is 9.84 Å². The Morgan fingerprint density at radius 2 is 1.74 bits per heavy atom. The highest BCUT2D eigenvalue weighted by atomic mass is 32.1. The summed E-state index contributed by atoms with van der Waals surface area (Å²) in [7, 11) is 1.59. The maximum absolute atomic E-state index is 12.8. The van der Waals surface area contributed by atoms with E-state index in [0.29, 0.717) is 23.0 Å². The predicted molar refractivity (Wildman–Crippen MR) is 146 cm³/mol. The molecule has 0 spiro atoms. The summed E-state index contributed by atoms with van der Waals surface area (Å²) in [5, 5.41) is 19.4. The number of ketones is 1. The first kappa shape index (κ1) is 25.5. The van der Waals surface area contributed by atoms with E-state index in [2.05, 4.69) is 24.0 Å². The van der Waals surface area contributed by atoms with Gasteiger partial charge in [0.15, 0.2) is 11.6 Å². The highest BCUT2D eigenvalue weighted by molar-refractivity contribution is 7.15. The summed E-state index contributed by atoms with van der Waals surface area (Å²) in [6, 6.07) is 14.1. The van der Waals surface area contributed by atoms with Crippen molar-refractivity contribution in [3.05, 3.63) is 92.9 Å². The standard InChI is InChI=1S/C29H28N4O4S/c1-15-17(3)38-28-24(15)26(30-25(16(2)29(35)36)27-32-31-18(4)33(27)28)21-8-6-19(7-9-21)14-23(34)20-10-12-22(37-5)13-11-20/h6-13,16,25H,14H2,1-5H3,(H,35,36)/t16-,25?/m0/s1. The molecule has 0 bridgehead atoms. The lowest BCUT2D eigenvalue weighted by Crippen LogP contribution is -2.21. The second-order valence-corrected chi connectivity index (χ2v) is 10.7. The number of aromatic nitrogens is 3. The lowest BCUT2D eigenvalue weighted by Gasteiger charge is -2.16. The van der Waals surface area contributed by atoms with Crippen molar-refractivity contribution in [3.8, 4) is 10.8 Å². The first-order valence-electron chi connectivity index (χ1n) is 12.3. The number of nitrogens with zero attached hydrogens (tertiary/aromatic N) is 4. The van der Waals surface area contributed by atoms with E-state index in [4.69, 9.17) is 9.73 Å². The molecule has 1 aliphatic heterocycles. The third-order valence-corrected chi connectivity index (χ3v) is 8.25. The van der Waals surface area contributed by atoms with Crippen molar-refractivity contribution >= 4 is 28.8 Å². The van der Waals surface area contributed by atoms with Gasteiger partial charge in [0.05, 0.1) is 18.7 Å². The minimum Gasteiger partial charge on any atom is -0.497 e. The summed E-state index contributed by atoms with van der Waals surface area (Å²) >= 11 is 1.63. The van der Waals surface area contributed by atoms with E-state index < -0.39 is 17.9 Å². The third-order valence-electron chi connectivity index (χ3n) is 7.06. The molecule has 0 saturated heterocycles. The Kier molecular flexibility index (Phi) is 6.71. The molecular formula is C29H28N4O4S. The molecule has 8 nitrogen and oxygen atoms in total. The molecule has 0 aliphatic carbocycles. The Hall–Kier alpha value is -4.11. The number of ether oxygens (including phenoxy) is 1. The fourth-order valence-corrected chi connectivity index (χ4v) is 5.88. The molecular weight excluding hydrogens is 500 g/mol. The highest BCUT2D eigenvalue weighted by Gasteiger charge is 2.36. The largest absolute Gasteiger partial charge is 0.497 e. The minimum atomic E-state index is -0.948. The lowest BCUT2D eigenvalue weighted by molar-refractivity contribution is -0.141. The van der Waals surface area contributed by atoms with Crippen molar-refractivity contribution in [2.75, 3.05) is 7.11 Å². The molecule has 9 heteroatoms. The average molecular weight is 529 g/mol. The molecule has 2 aromatic heterocycles. The fourth-order valence-electron chi connectivity index (χ4n) is 4.66. The van der Waals surface area contributed by atoms with Crippen LogP contribution < -0.4 is 4.74 Å². The van der Waals surface area contributed by atoms with Crippen LogP contribution in [0.25, 0.3) is 5.00 Å². The van der Waals surface area contributed by atoms with Crippen LogP contribution in [0, 0.1) is 26.7 Å². The molecule has 0 amide bonds. The average Bonchev–Trinajstić information content (AvgIpc) is 3.38. The van der Waals surface area contributed by atoms with Crippen LogP contribution in [-0.2, 0) is 11.2 Å². The van der Waals surface area contributed by atoms with Crippen LogP contribution in [-0.4, -0.2) is 44.4 Å². The molecule has 0 saturated carbocycles. The number of aliphatic imine (C=N–C) groups is 1. The van der Waals surface area contributed by atoms with E-state index >= 15 is 0 Å². The van der Waals surface area contributed by atoms with Crippen molar-refractivity contribution in [2.45, 2.75) is 40.2 Å². The molecule has 194 valence electrons. The van der Waals surface area contributed by atoms with Crippen molar-refractivity contribution < 1.29 is 19.4 Å². The van der Waals surface area contributed by atoms with Crippen molar-refractivity contribution in [2.24, 2.45) is 10.9 Å². The van der Waals surface area contributed by atoms with E-state index in [1.54, 1.807) is 49.6 Å². The van der Waals surface area contributed by atoms with Crippen LogP contribution in [0.3, 0.4) is 0 Å². The second kappa shape index (κ2) is 9.98. The van der Waals surface area contributed by atoms with Crippen LogP contribution in [0.4, 0.5) is 0 Å². The zero-order valence-corrected chi connectivity index (χ0v) is 22.7. The van der Waals surface area contributed by atoms with Gasteiger partial charge >= 0.3 is 5.97 Å². The first-order chi connectivity index (χ1) is 18.2. The number of Topliss-reactive ketones (excluding diaryl/α,β-unsaturated/α-hetero) is 1. The summed E-state index contributed by atoms with van der Waals surface area (Å²) < 4.78 is 7.12. The zero-order chi connectivity index (χ0) is 27.1. The number of fused-ring (bicyclic) bond motifs is 3. The van der Waals surface area contributed by atoms with Gasteiger partial charge in [-0.15, -0.1) is 21.5 Å². The van der Waals surface area contributed by atoms with Crippen molar-refractivity contribution in [1.29, 1.82) is 0 Å². The summed E-state index contributed by atoms with van der Waals surface area (Å²) in [6.07, 6.45) is 0.264.